The molecule has 0 saturated heterocycles. The third-order valence-corrected chi connectivity index (χ3v) is 0.867. The average molecular weight is 162 g/mol. The van der Waals surface area contributed by atoms with Crippen molar-refractivity contribution in [2.45, 2.75) is 0 Å². The van der Waals surface area contributed by atoms with Gasteiger partial charge in [-0.2, -0.15) is 4.98 Å². The molecule has 0 amide bonds. The predicted molar refractivity (Wildman–Crippen MR) is 42.5 cm³/mol. The van der Waals surface area contributed by atoms with Crippen LogP contribution in [-0.4, -0.2) is 9.97 Å². The molecule has 0 bridgehead atoms. The lowest BCUT2D eigenvalue weighted by atomic mass is 10.5. The Morgan fingerprint density at radius 1 is 1.20 bits per heavy atom. The predicted octanol–water partition coefficient (Wildman–Crippen LogP) is -0.355. The van der Waals surface area contributed by atoms with Crippen LogP contribution in [0.25, 0.3) is 0 Å². The van der Waals surface area contributed by atoms with Crippen LogP contribution in [0.2, 0.25) is 0 Å². The molecule has 1 heterocycles. The van der Waals surface area contributed by atoms with Crippen molar-refractivity contribution in [3.8, 4) is 0 Å². The molecule has 6 N–H and O–H groups in total. The van der Waals surface area contributed by atoms with E-state index in [2.05, 4.69) is 9.97 Å². The maximum absolute atomic E-state index is 5.28. The summed E-state index contributed by atoms with van der Waals surface area (Å²) in [7, 11) is 0. The van der Waals surface area contributed by atoms with Crippen LogP contribution in [0.4, 0.5) is 17.5 Å². The van der Waals surface area contributed by atoms with E-state index in [0.29, 0.717) is 5.69 Å². The van der Waals surface area contributed by atoms with Crippen molar-refractivity contribution in [1.82, 2.24) is 9.97 Å². The van der Waals surface area contributed by atoms with Crippen molar-refractivity contribution in [2.24, 2.45) is 0 Å². The molecular formula is C4H8ClN5. The van der Waals surface area contributed by atoms with Crippen LogP contribution in [0.3, 0.4) is 0 Å². The number of aromatic nitrogens is 2. The molecule has 0 radical (unpaired) electrons. The van der Waals surface area contributed by atoms with Gasteiger partial charge in [0.05, 0.1) is 11.9 Å². The van der Waals surface area contributed by atoms with Crippen molar-refractivity contribution < 1.29 is 0 Å². The van der Waals surface area contributed by atoms with Gasteiger partial charge in [0.15, 0.2) is 5.82 Å². The Bertz CT molecular complexity index is 225. The first-order chi connectivity index (χ1) is 4.20. The lowest BCUT2D eigenvalue weighted by molar-refractivity contribution is 1.20. The summed E-state index contributed by atoms with van der Waals surface area (Å²) in [5.41, 5.74) is 16.1. The van der Waals surface area contributed by atoms with Crippen LogP contribution in [0.1, 0.15) is 0 Å². The van der Waals surface area contributed by atoms with Gasteiger partial charge in [-0.05, 0) is 0 Å². The molecule has 0 spiro atoms. The van der Waals surface area contributed by atoms with Gasteiger partial charge >= 0.3 is 0 Å². The fourth-order valence-corrected chi connectivity index (χ4v) is 0.419. The van der Waals surface area contributed by atoms with Gasteiger partial charge in [-0.25, -0.2) is 4.98 Å². The van der Waals surface area contributed by atoms with E-state index in [1.54, 1.807) is 0 Å². The van der Waals surface area contributed by atoms with Gasteiger partial charge in [-0.15, -0.1) is 12.4 Å². The Hall–Kier alpha value is -1.23. The highest BCUT2D eigenvalue weighted by molar-refractivity contribution is 5.85. The quantitative estimate of drug-likeness (QED) is 0.482. The van der Waals surface area contributed by atoms with E-state index in [1.807, 2.05) is 0 Å². The molecule has 1 aromatic rings. The summed E-state index contributed by atoms with van der Waals surface area (Å²) in [5.74, 6) is 0.365. The highest BCUT2D eigenvalue weighted by Gasteiger charge is 1.94. The maximum Gasteiger partial charge on any atom is 0.222 e. The summed E-state index contributed by atoms with van der Waals surface area (Å²) in [6.45, 7) is 0. The lowest BCUT2D eigenvalue weighted by Gasteiger charge is -1.96. The molecule has 0 aliphatic rings. The second-order valence-electron chi connectivity index (χ2n) is 1.57. The molecule has 0 fully saturated rings. The summed E-state index contributed by atoms with van der Waals surface area (Å²) in [6, 6.07) is 0. The Kier molecular flexibility index (Phi) is 2.69. The minimum Gasteiger partial charge on any atom is -0.394 e. The number of halogens is 1. The van der Waals surface area contributed by atoms with Gasteiger partial charge in [0.2, 0.25) is 5.95 Å². The van der Waals surface area contributed by atoms with Gasteiger partial charge in [0.25, 0.3) is 0 Å². The summed E-state index contributed by atoms with van der Waals surface area (Å²) in [5, 5.41) is 0. The van der Waals surface area contributed by atoms with E-state index < -0.39 is 0 Å². The minimum absolute atomic E-state index is 0. The van der Waals surface area contributed by atoms with Crippen molar-refractivity contribution in [3.63, 3.8) is 0 Å². The van der Waals surface area contributed by atoms with Crippen molar-refractivity contribution >= 4 is 29.9 Å². The SMILES string of the molecule is Cl.Nc1ncc(N)c(N)n1. The summed E-state index contributed by atoms with van der Waals surface area (Å²) in [6.07, 6.45) is 1.37. The molecule has 56 valence electrons. The van der Waals surface area contributed by atoms with Crippen LogP contribution >= 0.6 is 12.4 Å². The number of rotatable bonds is 0. The van der Waals surface area contributed by atoms with Crippen LogP contribution in [0, 0.1) is 0 Å². The highest BCUT2D eigenvalue weighted by Crippen LogP contribution is 2.08. The largest absolute Gasteiger partial charge is 0.394 e. The third-order valence-electron chi connectivity index (χ3n) is 0.867. The zero-order valence-electron chi connectivity index (χ0n) is 5.11. The molecule has 6 heteroatoms. The normalized spacial score (nSPS) is 8.40. The Morgan fingerprint density at radius 3 is 2.20 bits per heavy atom. The van der Waals surface area contributed by atoms with E-state index in [-0.39, 0.29) is 24.2 Å². The van der Waals surface area contributed by atoms with E-state index >= 15 is 0 Å². The van der Waals surface area contributed by atoms with Gasteiger partial charge in [0, 0.05) is 0 Å². The van der Waals surface area contributed by atoms with E-state index in [9.17, 15) is 0 Å². The topological polar surface area (TPSA) is 104 Å². The molecule has 0 aliphatic heterocycles. The Balaban J connectivity index is 0.000000810. The average Bonchev–Trinajstić information content (AvgIpc) is 1.80. The zero-order chi connectivity index (χ0) is 6.85. The molecule has 5 nitrogen and oxygen atoms in total. The first kappa shape index (κ1) is 8.77. The smallest absolute Gasteiger partial charge is 0.222 e. The molecule has 0 saturated carbocycles. The number of nitrogen functional groups attached to an aromatic ring is 3. The first-order valence-corrected chi connectivity index (χ1v) is 2.33. The molecular weight excluding hydrogens is 154 g/mol. The van der Waals surface area contributed by atoms with Gasteiger partial charge in [0.1, 0.15) is 0 Å². The summed E-state index contributed by atoms with van der Waals surface area (Å²) < 4.78 is 0. The maximum atomic E-state index is 5.28. The molecule has 0 aliphatic carbocycles. The summed E-state index contributed by atoms with van der Waals surface area (Å²) in [4.78, 5) is 7.19. The number of anilines is 3. The van der Waals surface area contributed by atoms with Crippen LogP contribution < -0.4 is 17.2 Å². The fraction of sp³-hybridized carbons (Fsp3) is 0. The van der Waals surface area contributed by atoms with Crippen molar-refractivity contribution in [1.29, 1.82) is 0 Å². The van der Waals surface area contributed by atoms with Crippen LogP contribution in [-0.2, 0) is 0 Å². The number of hydrogen-bond donors (Lipinski definition) is 3. The van der Waals surface area contributed by atoms with Crippen LogP contribution in [0.15, 0.2) is 6.20 Å². The molecule has 0 aromatic carbocycles. The fourth-order valence-electron chi connectivity index (χ4n) is 0.419. The van der Waals surface area contributed by atoms with Gasteiger partial charge < -0.3 is 17.2 Å². The number of hydrogen-bond acceptors (Lipinski definition) is 5. The van der Waals surface area contributed by atoms with Crippen molar-refractivity contribution in [3.05, 3.63) is 6.20 Å². The summed E-state index contributed by atoms with van der Waals surface area (Å²) >= 11 is 0. The standard InChI is InChI=1S/C4H7N5.ClH/c5-2-1-8-4(7)9-3(2)6;/h1H,5H2,(H4,6,7,8,9);1H. The molecule has 1 rings (SSSR count). The van der Waals surface area contributed by atoms with E-state index in [1.165, 1.54) is 6.20 Å². The second kappa shape index (κ2) is 3.07. The monoisotopic (exact) mass is 161 g/mol. The second-order valence-corrected chi connectivity index (χ2v) is 1.57. The van der Waals surface area contributed by atoms with E-state index in [0.717, 1.165) is 0 Å². The lowest BCUT2D eigenvalue weighted by Crippen LogP contribution is -2.02. The molecule has 0 unspecified atom stereocenters. The Morgan fingerprint density at radius 2 is 1.80 bits per heavy atom. The Labute approximate surface area is 64.0 Å². The number of nitrogens with two attached hydrogens (primary N) is 3. The molecule has 1 aromatic heterocycles. The first-order valence-electron chi connectivity index (χ1n) is 2.33. The van der Waals surface area contributed by atoms with Crippen molar-refractivity contribution in [2.75, 3.05) is 17.2 Å². The molecule has 10 heavy (non-hydrogen) atoms. The molecule has 0 atom stereocenters. The highest BCUT2D eigenvalue weighted by atomic mass is 35.5. The van der Waals surface area contributed by atoms with Gasteiger partial charge in [-0.3, -0.25) is 0 Å². The number of nitrogens with zero attached hydrogens (tertiary/aromatic N) is 2. The minimum atomic E-state index is 0. The third kappa shape index (κ3) is 1.63. The van der Waals surface area contributed by atoms with Gasteiger partial charge in [-0.1, -0.05) is 0 Å². The van der Waals surface area contributed by atoms with Crippen LogP contribution in [0.5, 0.6) is 0 Å². The van der Waals surface area contributed by atoms with E-state index in [4.69, 9.17) is 17.2 Å². The zero-order valence-corrected chi connectivity index (χ0v) is 5.93.